The Kier molecular flexibility index (Phi) is 4.11. The van der Waals surface area contributed by atoms with Crippen molar-refractivity contribution in [1.82, 2.24) is 4.31 Å². The summed E-state index contributed by atoms with van der Waals surface area (Å²) in [6.07, 6.45) is 1.02. The van der Waals surface area contributed by atoms with Gasteiger partial charge in [-0.05, 0) is 37.6 Å². The van der Waals surface area contributed by atoms with E-state index in [4.69, 9.17) is 9.47 Å². The predicted octanol–water partition coefficient (Wildman–Crippen LogP) is 2.54. The Morgan fingerprint density at radius 1 is 1.00 bits per heavy atom. The van der Waals surface area contributed by atoms with E-state index in [-0.39, 0.29) is 18.1 Å². The van der Waals surface area contributed by atoms with Gasteiger partial charge in [0.05, 0.1) is 4.90 Å². The number of aryl methyl sites for hydroxylation is 1. The Labute approximate surface area is 169 Å². The van der Waals surface area contributed by atoms with Gasteiger partial charge in [-0.15, -0.1) is 0 Å². The molecule has 3 aliphatic heterocycles. The molecule has 1 atom stereocenters. The second kappa shape index (κ2) is 6.47. The molecule has 8 heteroatoms. The number of carbonyl (C=O) groups is 1. The average molecular weight is 414 g/mol. The fourth-order valence-corrected chi connectivity index (χ4v) is 5.97. The van der Waals surface area contributed by atoms with Crippen LogP contribution in [0, 0.1) is 12.3 Å². The first kappa shape index (κ1) is 18.4. The van der Waals surface area contributed by atoms with Gasteiger partial charge in [0.25, 0.3) is 0 Å². The van der Waals surface area contributed by atoms with Gasteiger partial charge in [0.15, 0.2) is 11.5 Å². The van der Waals surface area contributed by atoms with Gasteiger partial charge in [-0.25, -0.2) is 8.42 Å². The van der Waals surface area contributed by atoms with Gasteiger partial charge in [0.2, 0.25) is 22.7 Å². The molecule has 3 aliphatic rings. The zero-order chi connectivity index (χ0) is 20.2. The van der Waals surface area contributed by atoms with E-state index in [1.165, 1.54) is 4.31 Å². The number of fused-ring (bicyclic) bond motifs is 1. The summed E-state index contributed by atoms with van der Waals surface area (Å²) in [5.41, 5.74) is 1.42. The van der Waals surface area contributed by atoms with Gasteiger partial charge in [-0.1, -0.05) is 17.7 Å². The number of carbonyl (C=O) groups excluding carboxylic acids is 1. The van der Waals surface area contributed by atoms with E-state index in [1.54, 1.807) is 35.2 Å². The third-order valence-electron chi connectivity index (χ3n) is 6.05. The minimum atomic E-state index is -3.56. The minimum absolute atomic E-state index is 0.0125. The van der Waals surface area contributed by atoms with Gasteiger partial charge in [-0.3, -0.25) is 4.79 Å². The van der Waals surface area contributed by atoms with Crippen LogP contribution >= 0.6 is 0 Å². The zero-order valence-corrected chi connectivity index (χ0v) is 16.9. The largest absolute Gasteiger partial charge is 0.454 e. The molecule has 2 aromatic carbocycles. The van der Waals surface area contributed by atoms with Crippen molar-refractivity contribution in [2.24, 2.45) is 5.41 Å². The fourth-order valence-electron chi connectivity index (χ4n) is 4.42. The maximum Gasteiger partial charge on any atom is 0.243 e. The number of sulfonamides is 1. The number of benzene rings is 2. The van der Waals surface area contributed by atoms with Crippen molar-refractivity contribution in [3.05, 3.63) is 48.0 Å². The SMILES string of the molecule is Cc1ccc(S(=O)(=O)N2CCC3(CC(=O)N(c4ccc5c(c4)OCO5)C3)C2)cc1. The molecule has 0 aromatic heterocycles. The third-order valence-corrected chi connectivity index (χ3v) is 7.91. The highest BCUT2D eigenvalue weighted by Crippen LogP contribution is 2.45. The van der Waals surface area contributed by atoms with E-state index in [9.17, 15) is 13.2 Å². The van der Waals surface area contributed by atoms with Crippen molar-refractivity contribution in [2.45, 2.75) is 24.7 Å². The van der Waals surface area contributed by atoms with Crippen LogP contribution in [0.25, 0.3) is 0 Å². The van der Waals surface area contributed by atoms with Gasteiger partial charge < -0.3 is 14.4 Å². The smallest absolute Gasteiger partial charge is 0.243 e. The lowest BCUT2D eigenvalue weighted by molar-refractivity contribution is -0.117. The topological polar surface area (TPSA) is 76.2 Å². The van der Waals surface area contributed by atoms with Gasteiger partial charge in [0, 0.05) is 43.2 Å². The third kappa shape index (κ3) is 3.07. The Bertz CT molecular complexity index is 1080. The first-order valence-corrected chi connectivity index (χ1v) is 11.1. The highest BCUT2D eigenvalue weighted by atomic mass is 32.2. The zero-order valence-electron chi connectivity index (χ0n) is 16.1. The Morgan fingerprint density at radius 3 is 2.55 bits per heavy atom. The summed E-state index contributed by atoms with van der Waals surface area (Å²) in [5, 5.41) is 0. The van der Waals surface area contributed by atoms with E-state index < -0.39 is 10.0 Å². The maximum atomic E-state index is 13.0. The number of amides is 1. The summed E-state index contributed by atoms with van der Waals surface area (Å²) < 4.78 is 38.4. The maximum absolute atomic E-state index is 13.0. The molecule has 2 saturated heterocycles. The summed E-state index contributed by atoms with van der Waals surface area (Å²) in [6, 6.07) is 12.4. The summed E-state index contributed by atoms with van der Waals surface area (Å²) >= 11 is 0. The lowest BCUT2D eigenvalue weighted by Gasteiger charge is -2.24. The van der Waals surface area contributed by atoms with Gasteiger partial charge in [0.1, 0.15) is 0 Å². The van der Waals surface area contributed by atoms with E-state index in [0.29, 0.717) is 48.9 Å². The predicted molar refractivity (Wildman–Crippen MR) is 107 cm³/mol. The van der Waals surface area contributed by atoms with Gasteiger partial charge in [-0.2, -0.15) is 4.31 Å². The monoisotopic (exact) mass is 414 g/mol. The number of hydrogen-bond acceptors (Lipinski definition) is 5. The molecule has 1 amide bonds. The van der Waals surface area contributed by atoms with Crippen molar-refractivity contribution >= 4 is 21.6 Å². The molecule has 0 bridgehead atoms. The molecule has 29 heavy (non-hydrogen) atoms. The molecule has 1 spiro atoms. The molecule has 3 heterocycles. The summed E-state index contributed by atoms with van der Waals surface area (Å²) in [6.45, 7) is 3.40. The number of anilines is 1. The lowest BCUT2D eigenvalue weighted by atomic mass is 9.86. The molecule has 0 saturated carbocycles. The quantitative estimate of drug-likeness (QED) is 0.772. The fraction of sp³-hybridized carbons (Fsp3) is 0.381. The first-order valence-electron chi connectivity index (χ1n) is 9.63. The Morgan fingerprint density at radius 2 is 1.76 bits per heavy atom. The van der Waals surface area contributed by atoms with E-state index in [2.05, 4.69) is 0 Å². The molecule has 1 unspecified atom stereocenters. The molecule has 2 aromatic rings. The summed E-state index contributed by atoms with van der Waals surface area (Å²) in [7, 11) is -3.56. The van der Waals surface area contributed by atoms with Crippen LogP contribution in [-0.2, 0) is 14.8 Å². The van der Waals surface area contributed by atoms with Crippen molar-refractivity contribution in [3.63, 3.8) is 0 Å². The Hall–Kier alpha value is -2.58. The number of nitrogens with zero attached hydrogens (tertiary/aromatic N) is 2. The molecule has 5 rings (SSSR count). The van der Waals surface area contributed by atoms with Crippen molar-refractivity contribution in [3.8, 4) is 11.5 Å². The van der Waals surface area contributed by atoms with Gasteiger partial charge >= 0.3 is 0 Å². The number of ether oxygens (including phenoxy) is 2. The summed E-state index contributed by atoms with van der Waals surface area (Å²) in [4.78, 5) is 14.8. The number of rotatable bonds is 3. The minimum Gasteiger partial charge on any atom is -0.454 e. The highest BCUT2D eigenvalue weighted by Gasteiger charge is 2.50. The van der Waals surface area contributed by atoms with Crippen molar-refractivity contribution in [1.29, 1.82) is 0 Å². The second-order valence-electron chi connectivity index (χ2n) is 8.10. The van der Waals surface area contributed by atoms with Crippen LogP contribution in [0.15, 0.2) is 47.4 Å². The molecule has 0 N–H and O–H groups in total. The van der Waals surface area contributed by atoms with E-state index in [1.807, 2.05) is 19.1 Å². The molecule has 7 nitrogen and oxygen atoms in total. The molecule has 0 aliphatic carbocycles. The van der Waals surface area contributed by atoms with Crippen LogP contribution in [0.1, 0.15) is 18.4 Å². The molecule has 0 radical (unpaired) electrons. The highest BCUT2D eigenvalue weighted by molar-refractivity contribution is 7.89. The molecular weight excluding hydrogens is 392 g/mol. The van der Waals surface area contributed by atoms with Crippen LogP contribution in [0.3, 0.4) is 0 Å². The molecular formula is C21H22N2O5S. The standard InChI is InChI=1S/C21H22N2O5S/c1-15-2-5-17(6-3-15)29(25,26)22-9-8-21(12-22)11-20(24)23(13-21)16-4-7-18-19(10-16)28-14-27-18/h2-7,10H,8-9,11-14H2,1H3. The molecule has 152 valence electrons. The lowest BCUT2D eigenvalue weighted by Crippen LogP contribution is -2.34. The molecule has 2 fully saturated rings. The summed E-state index contributed by atoms with van der Waals surface area (Å²) in [5.74, 6) is 1.32. The van der Waals surface area contributed by atoms with Crippen LogP contribution < -0.4 is 14.4 Å². The Balaban J connectivity index is 1.36. The normalized spacial score (nSPS) is 24.0. The van der Waals surface area contributed by atoms with Crippen molar-refractivity contribution in [2.75, 3.05) is 31.3 Å². The van der Waals surface area contributed by atoms with Crippen LogP contribution in [-0.4, -0.2) is 45.1 Å². The van der Waals surface area contributed by atoms with Crippen LogP contribution in [0.5, 0.6) is 11.5 Å². The van der Waals surface area contributed by atoms with E-state index in [0.717, 1.165) is 11.3 Å². The first-order chi connectivity index (χ1) is 13.9. The van der Waals surface area contributed by atoms with Crippen LogP contribution in [0.2, 0.25) is 0 Å². The van der Waals surface area contributed by atoms with Crippen molar-refractivity contribution < 1.29 is 22.7 Å². The van der Waals surface area contributed by atoms with Crippen LogP contribution in [0.4, 0.5) is 5.69 Å². The average Bonchev–Trinajstić information content (AvgIpc) is 3.40. The number of hydrogen-bond donors (Lipinski definition) is 0. The van der Waals surface area contributed by atoms with E-state index >= 15 is 0 Å². The second-order valence-corrected chi connectivity index (χ2v) is 10.0.